The Morgan fingerprint density at radius 1 is 1.21 bits per heavy atom. The van der Waals surface area contributed by atoms with Gasteiger partial charge in [-0.15, -0.1) is 10.2 Å². The van der Waals surface area contributed by atoms with E-state index in [1.807, 2.05) is 55.5 Å². The molecule has 0 fully saturated rings. The third kappa shape index (κ3) is 3.88. The van der Waals surface area contributed by atoms with Crippen molar-refractivity contribution >= 4 is 50.6 Å². The first kappa shape index (κ1) is 18.5. The van der Waals surface area contributed by atoms with Crippen LogP contribution in [0.5, 0.6) is 5.75 Å². The summed E-state index contributed by atoms with van der Waals surface area (Å²) < 4.78 is 5.97. The third-order valence-electron chi connectivity index (χ3n) is 4.23. The van der Waals surface area contributed by atoms with Gasteiger partial charge in [0.05, 0.1) is 12.4 Å². The Balaban J connectivity index is 1.45. The molecule has 4 rings (SSSR count). The molecule has 2 N–H and O–H groups in total. The van der Waals surface area contributed by atoms with E-state index in [0.717, 1.165) is 26.7 Å². The molecule has 2 aromatic carbocycles. The average Bonchev–Trinajstić information content (AvgIpc) is 3.34. The number of thioether (sulfide) groups is 1. The number of benzene rings is 2. The van der Waals surface area contributed by atoms with Crippen molar-refractivity contribution in [1.82, 2.24) is 15.2 Å². The van der Waals surface area contributed by atoms with E-state index in [1.54, 1.807) is 13.3 Å². The second-order valence-corrected chi connectivity index (χ2v) is 8.67. The molecule has 142 valence electrons. The van der Waals surface area contributed by atoms with Crippen LogP contribution in [-0.2, 0) is 0 Å². The largest absolute Gasteiger partial charge is 0.497 e. The fourth-order valence-electron chi connectivity index (χ4n) is 2.83. The van der Waals surface area contributed by atoms with Gasteiger partial charge in [0.2, 0.25) is 5.13 Å². The molecule has 2 aromatic heterocycles. The van der Waals surface area contributed by atoms with Crippen LogP contribution in [0.1, 0.15) is 17.3 Å². The summed E-state index contributed by atoms with van der Waals surface area (Å²) in [6, 6.07) is 15.4. The number of carbonyl (C=O) groups is 1. The number of aromatic nitrogens is 3. The highest BCUT2D eigenvalue weighted by atomic mass is 32.2. The lowest BCUT2D eigenvalue weighted by atomic mass is 10.1. The Kier molecular flexibility index (Phi) is 5.31. The van der Waals surface area contributed by atoms with E-state index in [0.29, 0.717) is 10.7 Å². The number of nitrogens with one attached hydrogen (secondary N) is 2. The van der Waals surface area contributed by atoms with Gasteiger partial charge in [0.1, 0.15) is 5.75 Å². The van der Waals surface area contributed by atoms with Crippen molar-refractivity contribution < 1.29 is 9.53 Å². The molecule has 0 saturated heterocycles. The second kappa shape index (κ2) is 8.04. The van der Waals surface area contributed by atoms with Crippen LogP contribution >= 0.6 is 23.1 Å². The molecule has 0 spiro atoms. The van der Waals surface area contributed by atoms with E-state index in [9.17, 15) is 4.79 Å². The fourth-order valence-corrected chi connectivity index (χ4v) is 4.82. The van der Waals surface area contributed by atoms with Gasteiger partial charge in [-0.3, -0.25) is 4.79 Å². The van der Waals surface area contributed by atoms with Crippen LogP contribution in [0.15, 0.2) is 59.1 Å². The summed E-state index contributed by atoms with van der Waals surface area (Å²) in [5, 5.41) is 12.9. The lowest BCUT2D eigenvalue weighted by Gasteiger charge is -2.07. The maximum atomic E-state index is 12.9. The molecule has 0 aliphatic rings. The maximum absolute atomic E-state index is 12.9. The lowest BCUT2D eigenvalue weighted by molar-refractivity contribution is 0.0995. The molecule has 8 heteroatoms. The number of hydrogen-bond acceptors (Lipinski definition) is 7. The number of H-pyrrole nitrogens is 1. The Labute approximate surface area is 170 Å². The Bertz CT molecular complexity index is 1120. The van der Waals surface area contributed by atoms with E-state index in [4.69, 9.17) is 4.74 Å². The Hall–Kier alpha value is -2.84. The zero-order chi connectivity index (χ0) is 19.5. The van der Waals surface area contributed by atoms with Crippen molar-refractivity contribution in [2.24, 2.45) is 0 Å². The minimum Gasteiger partial charge on any atom is -0.497 e. The van der Waals surface area contributed by atoms with Gasteiger partial charge in [-0.25, -0.2) is 0 Å². The Morgan fingerprint density at radius 3 is 2.93 bits per heavy atom. The van der Waals surface area contributed by atoms with Crippen LogP contribution in [-0.4, -0.2) is 33.3 Å². The molecule has 28 heavy (non-hydrogen) atoms. The van der Waals surface area contributed by atoms with Crippen LogP contribution < -0.4 is 10.1 Å². The summed E-state index contributed by atoms with van der Waals surface area (Å²) in [4.78, 5) is 16.0. The minimum absolute atomic E-state index is 0.0694. The molecule has 0 saturated carbocycles. The van der Waals surface area contributed by atoms with Crippen molar-refractivity contribution in [3.05, 3.63) is 60.3 Å². The first-order valence-electron chi connectivity index (χ1n) is 8.65. The average molecular weight is 411 g/mol. The van der Waals surface area contributed by atoms with Crippen LogP contribution in [0.3, 0.4) is 0 Å². The SMILES string of the molecule is COc1cccc(Nc2nnc(S[C@@H](C)C(=O)c3c[nH]c4ccccc34)s2)c1. The number of methoxy groups -OCH3 is 1. The fraction of sp³-hybridized carbons (Fsp3) is 0.150. The number of ketones is 1. The molecular formula is C20H18N4O2S2. The zero-order valence-corrected chi connectivity index (χ0v) is 16.9. The van der Waals surface area contributed by atoms with Crippen LogP contribution in [0.2, 0.25) is 0 Å². The molecule has 6 nitrogen and oxygen atoms in total. The summed E-state index contributed by atoms with van der Waals surface area (Å²) in [6.45, 7) is 1.89. The maximum Gasteiger partial charge on any atom is 0.210 e. The highest BCUT2D eigenvalue weighted by molar-refractivity contribution is 8.02. The molecule has 0 unspecified atom stereocenters. The number of anilines is 2. The molecule has 0 aliphatic carbocycles. The summed E-state index contributed by atoms with van der Waals surface area (Å²) >= 11 is 2.83. The number of nitrogens with zero attached hydrogens (tertiary/aromatic N) is 2. The molecule has 0 aliphatic heterocycles. The Morgan fingerprint density at radius 2 is 2.07 bits per heavy atom. The quantitative estimate of drug-likeness (QED) is 0.325. The molecule has 4 aromatic rings. The van der Waals surface area contributed by atoms with Crippen LogP contribution in [0.4, 0.5) is 10.8 Å². The van der Waals surface area contributed by atoms with Gasteiger partial charge in [-0.2, -0.15) is 0 Å². The van der Waals surface area contributed by atoms with Crippen LogP contribution in [0.25, 0.3) is 10.9 Å². The molecule has 0 amide bonds. The third-order valence-corrected chi connectivity index (χ3v) is 6.25. The number of para-hydroxylation sites is 1. The van der Waals surface area contributed by atoms with Gasteiger partial charge in [0.25, 0.3) is 0 Å². The van der Waals surface area contributed by atoms with Gasteiger partial charge in [0.15, 0.2) is 10.1 Å². The summed E-state index contributed by atoms with van der Waals surface area (Å²) in [6.07, 6.45) is 1.78. The van der Waals surface area contributed by atoms with Gasteiger partial charge in [0, 0.05) is 34.4 Å². The summed E-state index contributed by atoms with van der Waals surface area (Å²) in [5.74, 6) is 0.835. The standard InChI is InChI=1S/C20H18N4O2S2/c1-12(18(25)16-11-21-17-9-4-3-8-15(16)17)27-20-24-23-19(28-20)22-13-6-5-7-14(10-13)26-2/h3-12,21H,1-2H3,(H,22,23)/t12-/m0/s1. The first-order chi connectivity index (χ1) is 13.6. The normalized spacial score (nSPS) is 12.1. The van der Waals surface area contributed by atoms with E-state index in [2.05, 4.69) is 20.5 Å². The first-order valence-corrected chi connectivity index (χ1v) is 10.4. The van der Waals surface area contributed by atoms with Crippen LogP contribution in [0, 0.1) is 0 Å². The number of hydrogen-bond donors (Lipinski definition) is 2. The van der Waals surface area contributed by atoms with E-state index >= 15 is 0 Å². The number of fused-ring (bicyclic) bond motifs is 1. The van der Waals surface area contributed by atoms with E-state index in [1.165, 1.54) is 23.1 Å². The lowest BCUT2D eigenvalue weighted by Crippen LogP contribution is -2.12. The van der Waals surface area contributed by atoms with Crippen molar-refractivity contribution in [2.45, 2.75) is 16.5 Å². The highest BCUT2D eigenvalue weighted by Crippen LogP contribution is 2.33. The predicted molar refractivity (Wildman–Crippen MR) is 114 cm³/mol. The van der Waals surface area contributed by atoms with Crippen molar-refractivity contribution in [3.8, 4) is 5.75 Å². The number of ether oxygens (including phenoxy) is 1. The van der Waals surface area contributed by atoms with Crippen molar-refractivity contribution in [1.29, 1.82) is 0 Å². The van der Waals surface area contributed by atoms with E-state index in [-0.39, 0.29) is 11.0 Å². The number of Topliss-reactive ketones (excluding diaryl/α,β-unsaturated/α-hetero) is 1. The number of carbonyl (C=O) groups excluding carboxylic acids is 1. The van der Waals surface area contributed by atoms with Gasteiger partial charge < -0.3 is 15.0 Å². The minimum atomic E-state index is -0.267. The zero-order valence-electron chi connectivity index (χ0n) is 15.3. The van der Waals surface area contributed by atoms with Gasteiger partial charge in [-0.05, 0) is 25.1 Å². The molecular weight excluding hydrogens is 392 g/mol. The molecule has 0 radical (unpaired) electrons. The molecule has 2 heterocycles. The summed E-state index contributed by atoms with van der Waals surface area (Å²) in [7, 11) is 1.63. The van der Waals surface area contributed by atoms with Gasteiger partial charge in [-0.1, -0.05) is 47.4 Å². The number of rotatable bonds is 7. The highest BCUT2D eigenvalue weighted by Gasteiger charge is 2.21. The number of aromatic amines is 1. The van der Waals surface area contributed by atoms with E-state index < -0.39 is 0 Å². The van der Waals surface area contributed by atoms with Crippen molar-refractivity contribution in [3.63, 3.8) is 0 Å². The molecule has 1 atom stereocenters. The monoisotopic (exact) mass is 410 g/mol. The second-order valence-electron chi connectivity index (χ2n) is 6.10. The smallest absolute Gasteiger partial charge is 0.210 e. The predicted octanol–water partition coefficient (Wildman–Crippen LogP) is 5.14. The van der Waals surface area contributed by atoms with Crippen molar-refractivity contribution in [2.75, 3.05) is 12.4 Å². The summed E-state index contributed by atoms with van der Waals surface area (Å²) in [5.41, 5.74) is 2.54. The topological polar surface area (TPSA) is 79.9 Å². The molecule has 0 bridgehead atoms. The van der Waals surface area contributed by atoms with Gasteiger partial charge >= 0.3 is 0 Å².